The fourth-order valence-corrected chi connectivity index (χ4v) is 2.54. The lowest BCUT2D eigenvalue weighted by molar-refractivity contribution is 0.797. The summed E-state index contributed by atoms with van der Waals surface area (Å²) in [7, 11) is 0. The van der Waals surface area contributed by atoms with Gasteiger partial charge in [0.15, 0.2) is 0 Å². The number of thioether (sulfide) groups is 1. The van der Waals surface area contributed by atoms with E-state index in [1.54, 1.807) is 18.1 Å². The molecule has 16 heavy (non-hydrogen) atoms. The summed E-state index contributed by atoms with van der Waals surface area (Å²) >= 11 is 5.29. The molecule has 1 heterocycles. The van der Waals surface area contributed by atoms with Crippen LogP contribution in [0.2, 0.25) is 0 Å². The summed E-state index contributed by atoms with van der Waals surface area (Å²) in [6.07, 6.45) is 2.69. The second-order valence-electron chi connectivity index (χ2n) is 4.48. The topological polar surface area (TPSA) is 37.8 Å². The molecule has 0 aliphatic heterocycles. The zero-order valence-electron chi connectivity index (χ0n) is 10.2. The molecule has 0 radical (unpaired) electrons. The van der Waals surface area contributed by atoms with E-state index in [1.165, 1.54) is 0 Å². The molecule has 1 N–H and O–H groups in total. The first-order valence-corrected chi connectivity index (χ1v) is 6.98. The molecule has 0 saturated carbocycles. The van der Waals surface area contributed by atoms with Gasteiger partial charge in [-0.2, -0.15) is 0 Å². The molecule has 0 bridgehead atoms. The Balaban J connectivity index is 2.86. The highest BCUT2D eigenvalue weighted by Gasteiger charge is 2.17. The number of nitrogens with one attached hydrogen (secondary N) is 1. The first-order chi connectivity index (χ1) is 7.44. The van der Waals surface area contributed by atoms with E-state index in [0.717, 1.165) is 28.3 Å². The van der Waals surface area contributed by atoms with Crippen molar-refractivity contribution in [2.45, 2.75) is 43.9 Å². The smallest absolute Gasteiger partial charge is 0.144 e. The fraction of sp³-hybridized carbons (Fsp3) is 0.636. The lowest BCUT2D eigenvalue weighted by Crippen LogP contribution is -2.09. The van der Waals surface area contributed by atoms with Gasteiger partial charge in [0.25, 0.3) is 0 Å². The Labute approximate surface area is 110 Å². The third-order valence-electron chi connectivity index (χ3n) is 1.70. The minimum absolute atomic E-state index is 0.152. The summed E-state index contributed by atoms with van der Waals surface area (Å²) in [6, 6.07) is 0. The number of hydrogen-bond donors (Lipinski definition) is 1. The minimum atomic E-state index is 0.152. The average Bonchev–Trinajstić information content (AvgIpc) is 2.17. The van der Waals surface area contributed by atoms with Crippen LogP contribution >= 0.6 is 27.7 Å². The molecule has 1 rings (SSSR count). The molecule has 90 valence electrons. The van der Waals surface area contributed by atoms with Crippen molar-refractivity contribution in [1.29, 1.82) is 0 Å². The van der Waals surface area contributed by atoms with Crippen LogP contribution in [0.4, 0.5) is 5.82 Å². The largest absolute Gasteiger partial charge is 0.369 e. The van der Waals surface area contributed by atoms with Gasteiger partial charge in [-0.15, -0.1) is 0 Å². The van der Waals surface area contributed by atoms with Gasteiger partial charge in [0.1, 0.15) is 17.2 Å². The molecule has 1 aromatic rings. The van der Waals surface area contributed by atoms with Crippen molar-refractivity contribution in [1.82, 2.24) is 9.97 Å². The molecule has 0 aliphatic carbocycles. The number of anilines is 1. The first-order valence-electron chi connectivity index (χ1n) is 5.37. The van der Waals surface area contributed by atoms with Crippen molar-refractivity contribution in [2.24, 2.45) is 0 Å². The monoisotopic (exact) mass is 303 g/mol. The highest BCUT2D eigenvalue weighted by atomic mass is 79.9. The third-order valence-corrected chi connectivity index (χ3v) is 3.83. The molecule has 0 saturated heterocycles. The predicted octanol–water partition coefficient (Wildman–Crippen LogP) is 3.95. The average molecular weight is 304 g/mol. The highest BCUT2D eigenvalue weighted by molar-refractivity contribution is 9.10. The molecule has 0 aliphatic rings. The molecule has 3 nitrogen and oxygen atoms in total. The van der Waals surface area contributed by atoms with E-state index in [9.17, 15) is 0 Å². The maximum Gasteiger partial charge on any atom is 0.144 e. The zero-order valence-corrected chi connectivity index (χ0v) is 12.6. The van der Waals surface area contributed by atoms with E-state index >= 15 is 0 Å². The van der Waals surface area contributed by atoms with E-state index in [1.807, 2.05) is 0 Å². The Hall–Kier alpha value is -0.290. The zero-order chi connectivity index (χ0) is 12.2. The van der Waals surface area contributed by atoms with Gasteiger partial charge in [-0.25, -0.2) is 9.97 Å². The van der Waals surface area contributed by atoms with Crippen molar-refractivity contribution >= 4 is 33.5 Å². The molecule has 1 aromatic heterocycles. The van der Waals surface area contributed by atoms with E-state index in [0.29, 0.717) is 0 Å². The van der Waals surface area contributed by atoms with E-state index < -0.39 is 0 Å². The number of nitrogens with zero attached hydrogens (tertiary/aromatic N) is 2. The van der Waals surface area contributed by atoms with Gasteiger partial charge in [-0.05, 0) is 22.4 Å². The number of hydrogen-bond acceptors (Lipinski definition) is 4. The van der Waals surface area contributed by atoms with Crippen LogP contribution in [-0.4, -0.2) is 21.3 Å². The molecule has 0 amide bonds. The summed E-state index contributed by atoms with van der Waals surface area (Å²) in [4.78, 5) is 8.52. The SMILES string of the molecule is CCCNc1ncnc(SC(C)(C)C)c1Br. The van der Waals surface area contributed by atoms with Gasteiger partial charge >= 0.3 is 0 Å². The van der Waals surface area contributed by atoms with Crippen molar-refractivity contribution < 1.29 is 0 Å². The van der Waals surface area contributed by atoms with Crippen LogP contribution in [0.3, 0.4) is 0 Å². The second-order valence-corrected chi connectivity index (χ2v) is 7.09. The summed E-state index contributed by atoms with van der Waals surface area (Å²) in [5.74, 6) is 0.878. The van der Waals surface area contributed by atoms with Gasteiger partial charge in [0.2, 0.25) is 0 Å². The molecule has 0 atom stereocenters. The van der Waals surface area contributed by atoms with E-state index in [2.05, 4.69) is 58.9 Å². The minimum Gasteiger partial charge on any atom is -0.369 e. The Morgan fingerprint density at radius 2 is 2.06 bits per heavy atom. The molecule has 5 heteroatoms. The maximum atomic E-state index is 4.30. The molecular weight excluding hydrogens is 286 g/mol. The first kappa shape index (κ1) is 13.8. The fourth-order valence-electron chi connectivity index (χ4n) is 1.08. The Kier molecular flexibility index (Phi) is 5.05. The van der Waals surface area contributed by atoms with Crippen molar-refractivity contribution in [2.75, 3.05) is 11.9 Å². The summed E-state index contributed by atoms with van der Waals surface area (Å²) < 4.78 is 1.11. The maximum absolute atomic E-state index is 4.30. The quantitative estimate of drug-likeness (QED) is 0.675. The van der Waals surface area contributed by atoms with E-state index in [4.69, 9.17) is 0 Å². The molecule has 0 fully saturated rings. The van der Waals surface area contributed by atoms with Crippen molar-refractivity contribution in [3.05, 3.63) is 10.8 Å². The predicted molar refractivity (Wildman–Crippen MR) is 74.1 cm³/mol. The van der Waals surface area contributed by atoms with Gasteiger partial charge in [0.05, 0.1) is 4.47 Å². The third kappa shape index (κ3) is 4.29. The lowest BCUT2D eigenvalue weighted by atomic mass is 10.3. The lowest BCUT2D eigenvalue weighted by Gasteiger charge is -2.18. The van der Waals surface area contributed by atoms with Crippen LogP contribution in [0.5, 0.6) is 0 Å². The van der Waals surface area contributed by atoms with Crippen LogP contribution in [-0.2, 0) is 0 Å². The van der Waals surface area contributed by atoms with Gasteiger partial charge in [0, 0.05) is 11.3 Å². The summed E-state index contributed by atoms with van der Waals surface area (Å²) in [5.41, 5.74) is 0. The number of halogens is 1. The number of aromatic nitrogens is 2. The molecule has 0 spiro atoms. The van der Waals surface area contributed by atoms with E-state index in [-0.39, 0.29) is 4.75 Å². The normalized spacial score (nSPS) is 11.6. The van der Waals surface area contributed by atoms with Crippen LogP contribution < -0.4 is 5.32 Å². The van der Waals surface area contributed by atoms with Gasteiger partial charge in [-0.3, -0.25) is 0 Å². The second kappa shape index (κ2) is 5.87. The van der Waals surface area contributed by atoms with Crippen LogP contribution in [0.1, 0.15) is 34.1 Å². The summed E-state index contributed by atoms with van der Waals surface area (Å²) in [6.45, 7) is 9.57. The number of rotatable bonds is 4. The Bertz CT molecular complexity index is 350. The molecule has 0 aromatic carbocycles. The molecular formula is C11H18BrN3S. The molecule has 0 unspecified atom stereocenters. The van der Waals surface area contributed by atoms with Crippen LogP contribution in [0.15, 0.2) is 15.8 Å². The van der Waals surface area contributed by atoms with Gasteiger partial charge < -0.3 is 5.32 Å². The Morgan fingerprint density at radius 3 is 2.62 bits per heavy atom. The highest BCUT2D eigenvalue weighted by Crippen LogP contribution is 2.37. The van der Waals surface area contributed by atoms with Crippen LogP contribution in [0.25, 0.3) is 0 Å². The Morgan fingerprint density at radius 1 is 1.38 bits per heavy atom. The van der Waals surface area contributed by atoms with Crippen molar-refractivity contribution in [3.63, 3.8) is 0 Å². The van der Waals surface area contributed by atoms with Gasteiger partial charge in [-0.1, -0.05) is 39.5 Å². The van der Waals surface area contributed by atoms with Crippen molar-refractivity contribution in [3.8, 4) is 0 Å². The van der Waals surface area contributed by atoms with Crippen LogP contribution in [0, 0.1) is 0 Å². The standard InChI is InChI=1S/C11H18BrN3S/c1-5-6-13-9-8(12)10(15-7-14-9)16-11(2,3)4/h7H,5-6H2,1-4H3,(H,13,14,15). The summed E-state index contributed by atoms with van der Waals surface area (Å²) in [5, 5.41) is 4.26.